The van der Waals surface area contributed by atoms with Crippen molar-refractivity contribution in [2.45, 2.75) is 43.3 Å². The average molecular weight is 620 g/mol. The molecule has 1 saturated carbocycles. The molecule has 15 heteroatoms. The zero-order chi connectivity index (χ0) is 29.3. The van der Waals surface area contributed by atoms with Gasteiger partial charge in [-0.2, -0.15) is 15.0 Å². The van der Waals surface area contributed by atoms with Gasteiger partial charge >= 0.3 is 0 Å². The molecule has 226 valence electrons. The molecule has 12 N–H and O–H groups in total. The minimum absolute atomic E-state index is 0. The van der Waals surface area contributed by atoms with Gasteiger partial charge in [-0.15, -0.1) is 12.4 Å². The first-order valence-electron chi connectivity index (χ1n) is 13.5. The van der Waals surface area contributed by atoms with Gasteiger partial charge in [0.05, 0.1) is 11.3 Å². The Labute approximate surface area is 254 Å². The molecular weight excluding hydrogens is 583 g/mol. The third-order valence-electron chi connectivity index (χ3n) is 7.51. The number of halogens is 2. The van der Waals surface area contributed by atoms with Gasteiger partial charge in [0.1, 0.15) is 17.3 Å². The second-order valence-corrected chi connectivity index (χ2v) is 11.2. The topological polar surface area (TPSA) is 228 Å². The summed E-state index contributed by atoms with van der Waals surface area (Å²) in [5, 5.41) is 26.7. The van der Waals surface area contributed by atoms with Crippen LogP contribution in [0.4, 0.5) is 23.3 Å². The molecule has 1 saturated heterocycles. The largest absolute Gasteiger partial charge is 0.507 e. The van der Waals surface area contributed by atoms with Crippen LogP contribution in [0.2, 0.25) is 5.02 Å². The number of carbonyl (C=O) groups is 1. The number of carbonyl (C=O) groups excluding carboxylic acids is 1. The summed E-state index contributed by atoms with van der Waals surface area (Å²) in [7, 11) is 0. The Balaban J connectivity index is 0.00000405. The fourth-order valence-corrected chi connectivity index (χ4v) is 5.73. The quantitative estimate of drug-likeness (QED) is 0.178. The molecule has 2 heterocycles. The van der Waals surface area contributed by atoms with Gasteiger partial charge in [-0.05, 0) is 62.1 Å². The fraction of sp³-hybridized carbons (Fsp3) is 0.407. The number of phenols is 2. The van der Waals surface area contributed by atoms with Crippen molar-refractivity contribution in [1.82, 2.24) is 15.0 Å². The van der Waals surface area contributed by atoms with Gasteiger partial charge in [-0.3, -0.25) is 4.79 Å². The van der Waals surface area contributed by atoms with E-state index in [1.807, 2.05) is 4.90 Å². The summed E-state index contributed by atoms with van der Waals surface area (Å²) < 4.78 is 0. The summed E-state index contributed by atoms with van der Waals surface area (Å²) in [6, 6.07) is 8.54. The highest BCUT2D eigenvalue weighted by Gasteiger charge is 2.36. The summed E-state index contributed by atoms with van der Waals surface area (Å²) in [5.41, 5.74) is 25.4. The summed E-state index contributed by atoms with van der Waals surface area (Å²) in [6.07, 6.45) is 2.22. The van der Waals surface area contributed by atoms with Crippen LogP contribution in [-0.2, 0) is 0 Å². The molecular formula is C27H36Cl2N10O3. The number of anilines is 4. The molecule has 3 aromatic rings. The molecule has 0 radical (unpaired) electrons. The Morgan fingerprint density at radius 3 is 2.36 bits per heavy atom. The van der Waals surface area contributed by atoms with E-state index in [1.165, 1.54) is 30.3 Å². The van der Waals surface area contributed by atoms with E-state index in [0.717, 1.165) is 6.42 Å². The number of rotatable bonds is 7. The normalized spacial score (nSPS) is 23.7. The van der Waals surface area contributed by atoms with Gasteiger partial charge in [0.2, 0.25) is 11.9 Å². The number of phenolic OH excluding ortho intramolecular Hbond substituents is 2. The van der Waals surface area contributed by atoms with Crippen molar-refractivity contribution in [1.29, 1.82) is 0 Å². The first-order valence-corrected chi connectivity index (χ1v) is 13.8. The zero-order valence-electron chi connectivity index (χ0n) is 22.8. The van der Waals surface area contributed by atoms with E-state index in [4.69, 9.17) is 44.5 Å². The number of hydrogen-bond donors (Lipinski definition) is 8. The van der Waals surface area contributed by atoms with E-state index in [1.54, 1.807) is 6.07 Å². The summed E-state index contributed by atoms with van der Waals surface area (Å²) in [6.45, 7) is 1.58. The lowest BCUT2D eigenvalue weighted by Crippen LogP contribution is -2.53. The number of nitrogens with one attached hydrogen (secondary N) is 2. The molecule has 2 aromatic carbocycles. The predicted molar refractivity (Wildman–Crippen MR) is 165 cm³/mol. The Bertz CT molecular complexity index is 1420. The Morgan fingerprint density at radius 2 is 1.69 bits per heavy atom. The van der Waals surface area contributed by atoms with Gasteiger partial charge in [0.15, 0.2) is 0 Å². The first kappa shape index (κ1) is 31.5. The number of aromatic hydroxyl groups is 2. The third-order valence-corrected chi connectivity index (χ3v) is 7.75. The van der Waals surface area contributed by atoms with Crippen molar-refractivity contribution in [3.63, 3.8) is 0 Å². The number of benzene rings is 2. The molecule has 1 aliphatic carbocycles. The first-order chi connectivity index (χ1) is 19.6. The molecule has 42 heavy (non-hydrogen) atoms. The summed E-state index contributed by atoms with van der Waals surface area (Å²) in [5.74, 6) is 0.347. The number of piperidine rings is 1. The molecule has 5 rings (SSSR count). The van der Waals surface area contributed by atoms with Crippen LogP contribution in [0.1, 0.15) is 41.4 Å². The van der Waals surface area contributed by atoms with E-state index in [2.05, 4.69) is 15.6 Å². The van der Waals surface area contributed by atoms with Gasteiger partial charge in [-0.1, -0.05) is 11.6 Å². The van der Waals surface area contributed by atoms with Gasteiger partial charge < -0.3 is 48.7 Å². The molecule has 2 fully saturated rings. The third kappa shape index (κ3) is 7.12. The zero-order valence-corrected chi connectivity index (χ0v) is 24.4. The van der Waals surface area contributed by atoms with Crippen molar-refractivity contribution in [2.75, 3.05) is 35.2 Å². The second kappa shape index (κ2) is 13.2. The maximum absolute atomic E-state index is 12.6. The van der Waals surface area contributed by atoms with Crippen LogP contribution in [-0.4, -0.2) is 68.8 Å². The predicted octanol–water partition coefficient (Wildman–Crippen LogP) is 2.00. The number of hydrogen-bond acceptors (Lipinski definition) is 12. The molecule has 0 spiro atoms. The lowest BCUT2D eigenvalue weighted by atomic mass is 9.95. The fourth-order valence-electron chi connectivity index (χ4n) is 5.56. The molecule has 2 aliphatic rings. The molecule has 1 unspecified atom stereocenters. The van der Waals surface area contributed by atoms with Crippen LogP contribution in [0.25, 0.3) is 0 Å². The van der Waals surface area contributed by atoms with E-state index in [0.29, 0.717) is 55.0 Å². The monoisotopic (exact) mass is 618 g/mol. The van der Waals surface area contributed by atoms with Crippen LogP contribution in [0.3, 0.4) is 0 Å². The van der Waals surface area contributed by atoms with Gasteiger partial charge in [0, 0.05) is 53.9 Å². The molecule has 1 aliphatic heterocycles. The van der Waals surface area contributed by atoms with Crippen LogP contribution >= 0.6 is 24.0 Å². The second-order valence-electron chi connectivity index (χ2n) is 10.8. The van der Waals surface area contributed by atoms with Crippen molar-refractivity contribution in [2.24, 2.45) is 28.9 Å². The molecule has 0 bridgehead atoms. The minimum Gasteiger partial charge on any atom is -0.507 e. The summed E-state index contributed by atoms with van der Waals surface area (Å²) >= 11 is 5.85. The van der Waals surface area contributed by atoms with Gasteiger partial charge in [-0.25, -0.2) is 0 Å². The molecule has 5 atom stereocenters. The van der Waals surface area contributed by atoms with E-state index in [9.17, 15) is 15.0 Å². The number of nitrogens with two attached hydrogens (primary N) is 4. The van der Waals surface area contributed by atoms with E-state index >= 15 is 0 Å². The molecule has 1 amide bonds. The van der Waals surface area contributed by atoms with Crippen LogP contribution in [0, 0.1) is 5.92 Å². The molecule has 1 aromatic heterocycles. The summed E-state index contributed by atoms with van der Waals surface area (Å²) in [4.78, 5) is 28.8. The molecule has 13 nitrogen and oxygen atoms in total. The Hall–Kier alpha value is -3.46. The highest BCUT2D eigenvalue weighted by Crippen LogP contribution is 2.38. The van der Waals surface area contributed by atoms with Crippen LogP contribution in [0.5, 0.6) is 11.5 Å². The smallest absolute Gasteiger partial charge is 0.259 e. The number of amides is 1. The van der Waals surface area contributed by atoms with Crippen molar-refractivity contribution in [3.8, 4) is 11.5 Å². The highest BCUT2D eigenvalue weighted by molar-refractivity contribution is 6.31. The maximum atomic E-state index is 12.6. The number of aromatic nitrogens is 3. The van der Waals surface area contributed by atoms with E-state index < -0.39 is 5.91 Å². The van der Waals surface area contributed by atoms with Crippen LogP contribution < -0.4 is 38.5 Å². The number of nitrogens with zero attached hydrogens (tertiary/aromatic N) is 4. The Morgan fingerprint density at radius 1 is 0.952 bits per heavy atom. The minimum atomic E-state index is -0.607. The standard InChI is InChI=1S/C27H35ClN10O3.ClH/c28-14-1-3-19(22(39)6-14)25(41)34-21-4-2-18(9-23(21)40)33-26-35-24(20-8-15(30)5-13(20)10-29)36-27(37-26)38-11-16(31)7-17(32)12-38;/h1-4,6,9,13,15-17,20,39-40H,5,7-8,10-12,29-32H2,(H,34,41)(H,33,35,36,37);1H/t13-,15-,16-,17+,20?;/m0./s1. The average Bonchev–Trinajstić information content (AvgIpc) is 3.30. The SMILES string of the molecule is Cl.NC[C@@H]1C[C@H](N)CC1c1nc(Nc2ccc(NC(=O)c3ccc(Cl)cc3O)c(O)c2)nc(N2C[C@H](N)C[C@H](N)C2)n1. The lowest BCUT2D eigenvalue weighted by Gasteiger charge is -2.35. The van der Waals surface area contributed by atoms with Crippen molar-refractivity contribution >= 4 is 53.2 Å². The van der Waals surface area contributed by atoms with Gasteiger partial charge in [0.25, 0.3) is 5.91 Å². The highest BCUT2D eigenvalue weighted by atomic mass is 35.5. The van der Waals surface area contributed by atoms with Crippen molar-refractivity contribution < 1.29 is 15.0 Å². The van der Waals surface area contributed by atoms with Crippen LogP contribution in [0.15, 0.2) is 36.4 Å². The Kier molecular flexibility index (Phi) is 9.92. The van der Waals surface area contributed by atoms with E-state index in [-0.39, 0.29) is 71.1 Å². The maximum Gasteiger partial charge on any atom is 0.259 e. The lowest BCUT2D eigenvalue weighted by molar-refractivity contribution is 0.102. The van der Waals surface area contributed by atoms with Crippen molar-refractivity contribution in [3.05, 3.63) is 52.8 Å².